The lowest BCUT2D eigenvalue weighted by Gasteiger charge is -2.32. The van der Waals surface area contributed by atoms with Gasteiger partial charge in [-0.05, 0) is 39.3 Å². The molecule has 0 radical (unpaired) electrons. The largest absolute Gasteiger partial charge is 0.376 e. The number of imidazole rings is 1. The van der Waals surface area contributed by atoms with Crippen molar-refractivity contribution in [3.05, 3.63) is 28.0 Å². The molecule has 0 bridgehead atoms. The molecule has 3 nitrogen and oxygen atoms in total. The van der Waals surface area contributed by atoms with Gasteiger partial charge in [0.2, 0.25) is 0 Å². The van der Waals surface area contributed by atoms with Gasteiger partial charge in [0.25, 0.3) is 0 Å². The van der Waals surface area contributed by atoms with E-state index in [0.717, 1.165) is 29.9 Å². The zero-order chi connectivity index (χ0) is 15.4. The minimum Gasteiger partial charge on any atom is -0.376 e. The molecule has 3 unspecified atom stereocenters. The third-order valence-corrected chi connectivity index (χ3v) is 5.36. The van der Waals surface area contributed by atoms with Crippen molar-refractivity contribution in [2.24, 2.45) is 0 Å². The molecule has 0 spiro atoms. The Bertz CT molecular complexity index is 698. The van der Waals surface area contributed by atoms with E-state index in [1.165, 1.54) is 0 Å². The van der Waals surface area contributed by atoms with Crippen LogP contribution in [0.25, 0.3) is 11.0 Å². The van der Waals surface area contributed by atoms with E-state index in [0.29, 0.717) is 10.0 Å². The molecule has 21 heavy (non-hydrogen) atoms. The van der Waals surface area contributed by atoms with Gasteiger partial charge in [-0.25, -0.2) is 4.98 Å². The first-order valence-corrected chi connectivity index (χ1v) is 8.17. The zero-order valence-electron chi connectivity index (χ0n) is 12.2. The number of nitrogens with zero attached hydrogens (tertiary/aromatic N) is 2. The summed E-state index contributed by atoms with van der Waals surface area (Å²) in [5, 5.41) is 0.817. The Kier molecular flexibility index (Phi) is 3.90. The molecule has 2 aromatic rings. The highest BCUT2D eigenvalue weighted by atomic mass is 35.5. The average Bonchev–Trinajstić information content (AvgIpc) is 2.93. The molecule has 1 saturated heterocycles. The van der Waals surface area contributed by atoms with Gasteiger partial charge in [-0.15, -0.1) is 11.6 Å². The number of hydrogen-bond acceptors (Lipinski definition) is 2. The molecule has 1 fully saturated rings. The molecular formula is C15H17Cl3N2O. The number of aromatic nitrogens is 2. The van der Waals surface area contributed by atoms with E-state index in [2.05, 4.69) is 23.4 Å². The lowest BCUT2D eigenvalue weighted by molar-refractivity contribution is 0.0763. The molecule has 6 heteroatoms. The molecule has 0 aliphatic carbocycles. The molecule has 1 aromatic carbocycles. The Balaban J connectivity index is 2.33. The van der Waals surface area contributed by atoms with Crippen molar-refractivity contribution in [2.45, 2.75) is 44.2 Å². The Morgan fingerprint density at radius 2 is 2.05 bits per heavy atom. The van der Waals surface area contributed by atoms with E-state index in [-0.39, 0.29) is 17.0 Å². The minimum absolute atomic E-state index is 0.0820. The van der Waals surface area contributed by atoms with Gasteiger partial charge in [0.05, 0.1) is 38.1 Å². The zero-order valence-corrected chi connectivity index (χ0v) is 14.4. The third kappa shape index (κ3) is 2.35. The van der Waals surface area contributed by atoms with Crippen LogP contribution in [0, 0.1) is 0 Å². The second-order valence-corrected chi connectivity index (χ2v) is 7.27. The predicted octanol–water partition coefficient (Wildman–Crippen LogP) is 5.17. The average molecular weight is 348 g/mol. The number of ether oxygens (including phenoxy) is 1. The lowest BCUT2D eigenvalue weighted by Crippen LogP contribution is -2.38. The van der Waals surface area contributed by atoms with Crippen LogP contribution in [0.15, 0.2) is 12.1 Å². The maximum absolute atomic E-state index is 6.36. The summed E-state index contributed by atoms with van der Waals surface area (Å²) in [5.74, 6) is 0.824. The van der Waals surface area contributed by atoms with Crippen LogP contribution in [-0.4, -0.2) is 22.3 Å². The third-order valence-electron chi connectivity index (χ3n) is 4.44. The van der Waals surface area contributed by atoms with E-state index < -0.39 is 0 Å². The van der Waals surface area contributed by atoms with E-state index in [1.54, 1.807) is 6.07 Å². The fourth-order valence-corrected chi connectivity index (χ4v) is 3.48. The number of hydrogen-bond donors (Lipinski definition) is 0. The molecule has 2 heterocycles. The molecule has 3 rings (SSSR count). The summed E-state index contributed by atoms with van der Waals surface area (Å²) in [4.78, 5) is 4.67. The Morgan fingerprint density at radius 1 is 1.38 bits per heavy atom. The van der Waals surface area contributed by atoms with Crippen molar-refractivity contribution in [2.75, 3.05) is 6.61 Å². The maximum atomic E-state index is 6.36. The van der Waals surface area contributed by atoms with Crippen LogP contribution in [0.2, 0.25) is 10.0 Å². The molecule has 1 aromatic heterocycles. The van der Waals surface area contributed by atoms with Crippen LogP contribution in [0.4, 0.5) is 0 Å². The SMILES string of the molecule is CC(Cl)c1nc2cc(Cl)c(Cl)cc2n1C1(C)CCOC1C. The Hall–Kier alpha value is -0.480. The summed E-state index contributed by atoms with van der Waals surface area (Å²) in [6.07, 6.45) is 0.995. The summed E-state index contributed by atoms with van der Waals surface area (Å²) in [7, 11) is 0. The van der Waals surface area contributed by atoms with Crippen molar-refractivity contribution in [3.8, 4) is 0 Å². The number of alkyl halides is 1. The number of benzene rings is 1. The van der Waals surface area contributed by atoms with Crippen LogP contribution in [0.5, 0.6) is 0 Å². The Morgan fingerprint density at radius 3 is 2.62 bits per heavy atom. The van der Waals surface area contributed by atoms with Crippen molar-refractivity contribution in [1.82, 2.24) is 9.55 Å². The topological polar surface area (TPSA) is 27.1 Å². The van der Waals surface area contributed by atoms with Crippen molar-refractivity contribution < 1.29 is 4.74 Å². The van der Waals surface area contributed by atoms with Crippen molar-refractivity contribution >= 4 is 45.8 Å². The van der Waals surface area contributed by atoms with E-state index in [4.69, 9.17) is 39.5 Å². The Labute approximate surface area is 139 Å². The molecule has 1 aliphatic heterocycles. The summed E-state index contributed by atoms with van der Waals surface area (Å²) in [6, 6.07) is 3.66. The molecule has 3 atom stereocenters. The minimum atomic E-state index is -0.209. The van der Waals surface area contributed by atoms with Gasteiger partial charge in [-0.3, -0.25) is 0 Å². The second kappa shape index (κ2) is 5.31. The van der Waals surface area contributed by atoms with Crippen LogP contribution in [0.1, 0.15) is 38.4 Å². The standard InChI is InChI=1S/C15H17Cl3N2O/c1-8(16)14-19-12-6-10(17)11(18)7-13(12)20(14)15(3)4-5-21-9(15)2/h6-9H,4-5H2,1-3H3. The summed E-state index contributed by atoms with van der Waals surface area (Å²) in [5.41, 5.74) is 1.57. The predicted molar refractivity (Wildman–Crippen MR) is 87.7 cm³/mol. The molecule has 0 amide bonds. The second-order valence-electron chi connectivity index (χ2n) is 5.80. The first kappa shape index (κ1) is 15.4. The van der Waals surface area contributed by atoms with Gasteiger partial charge in [0.1, 0.15) is 5.82 Å². The van der Waals surface area contributed by atoms with Crippen molar-refractivity contribution in [3.63, 3.8) is 0 Å². The quantitative estimate of drug-likeness (QED) is 0.701. The molecule has 1 aliphatic rings. The highest BCUT2D eigenvalue weighted by molar-refractivity contribution is 6.42. The molecular weight excluding hydrogens is 331 g/mol. The molecule has 114 valence electrons. The van der Waals surface area contributed by atoms with Gasteiger partial charge < -0.3 is 9.30 Å². The summed E-state index contributed by atoms with van der Waals surface area (Å²) in [6.45, 7) is 6.91. The number of fused-ring (bicyclic) bond motifs is 1. The van der Waals surface area contributed by atoms with Gasteiger partial charge >= 0.3 is 0 Å². The monoisotopic (exact) mass is 346 g/mol. The van der Waals surface area contributed by atoms with Crippen LogP contribution in [0.3, 0.4) is 0 Å². The van der Waals surface area contributed by atoms with Gasteiger partial charge in [-0.1, -0.05) is 23.2 Å². The highest BCUT2D eigenvalue weighted by Crippen LogP contribution is 2.40. The maximum Gasteiger partial charge on any atom is 0.128 e. The fourth-order valence-electron chi connectivity index (χ4n) is 3.01. The molecule has 0 saturated carbocycles. The van der Waals surface area contributed by atoms with Crippen LogP contribution < -0.4 is 0 Å². The summed E-state index contributed by atoms with van der Waals surface area (Å²) < 4.78 is 7.96. The van der Waals surface area contributed by atoms with Crippen molar-refractivity contribution in [1.29, 1.82) is 0 Å². The van der Waals surface area contributed by atoms with Gasteiger partial charge in [0, 0.05) is 6.61 Å². The normalized spacial score (nSPS) is 27.4. The van der Waals surface area contributed by atoms with E-state index >= 15 is 0 Å². The first-order chi connectivity index (χ1) is 9.84. The highest BCUT2D eigenvalue weighted by Gasteiger charge is 2.41. The molecule has 0 N–H and O–H groups in total. The number of rotatable bonds is 2. The lowest BCUT2D eigenvalue weighted by atomic mass is 9.93. The van der Waals surface area contributed by atoms with Crippen LogP contribution in [-0.2, 0) is 10.3 Å². The van der Waals surface area contributed by atoms with E-state index in [1.807, 2.05) is 13.0 Å². The van der Waals surface area contributed by atoms with Gasteiger partial charge in [0.15, 0.2) is 0 Å². The van der Waals surface area contributed by atoms with Crippen LogP contribution >= 0.6 is 34.8 Å². The summed E-state index contributed by atoms with van der Waals surface area (Å²) >= 11 is 18.7. The van der Waals surface area contributed by atoms with E-state index in [9.17, 15) is 0 Å². The number of halogens is 3. The smallest absolute Gasteiger partial charge is 0.128 e. The first-order valence-electron chi connectivity index (χ1n) is 6.98. The van der Waals surface area contributed by atoms with Gasteiger partial charge in [-0.2, -0.15) is 0 Å². The fraction of sp³-hybridized carbons (Fsp3) is 0.533.